The molecule has 1 spiro atoms. The molecule has 3 heterocycles. The van der Waals surface area contributed by atoms with E-state index in [1.165, 1.54) is 4.90 Å². The highest BCUT2D eigenvalue weighted by Gasteiger charge is 2.63. The van der Waals surface area contributed by atoms with Crippen molar-refractivity contribution >= 4 is 22.3 Å². The Balaban J connectivity index is 1.53. The Bertz CT molecular complexity index is 710. The number of nitrogens with one attached hydrogen (secondary N) is 1. The number of fused-ring (bicyclic) bond motifs is 3. The van der Waals surface area contributed by atoms with Crippen molar-refractivity contribution in [1.82, 2.24) is 15.4 Å². The summed E-state index contributed by atoms with van der Waals surface area (Å²) in [4.78, 5) is 31.3. The van der Waals surface area contributed by atoms with Crippen LogP contribution in [-0.2, 0) is 29.1 Å². The smallest absolute Gasteiger partial charge is 0.380 e. The van der Waals surface area contributed by atoms with Crippen LogP contribution in [0.2, 0.25) is 0 Å². The van der Waals surface area contributed by atoms with Gasteiger partial charge in [-0.25, -0.2) is 10.3 Å². The maximum atomic E-state index is 12.5. The van der Waals surface area contributed by atoms with Crippen LogP contribution < -0.4 is 11.2 Å². The van der Waals surface area contributed by atoms with E-state index in [9.17, 15) is 18.0 Å². The zero-order valence-electron chi connectivity index (χ0n) is 13.0. The lowest BCUT2D eigenvalue weighted by atomic mass is 9.71. The fourth-order valence-corrected chi connectivity index (χ4v) is 3.92. The Morgan fingerprint density at radius 1 is 1.44 bits per heavy atom. The van der Waals surface area contributed by atoms with E-state index in [1.807, 2.05) is 0 Å². The first-order valence-corrected chi connectivity index (χ1v) is 9.12. The fraction of sp³-hybridized carbons (Fsp3) is 0.833. The average molecular weight is 378 g/mol. The summed E-state index contributed by atoms with van der Waals surface area (Å²) < 4.78 is 40.7. The van der Waals surface area contributed by atoms with Crippen molar-refractivity contribution in [3.05, 3.63) is 0 Å². The van der Waals surface area contributed by atoms with Crippen molar-refractivity contribution in [3.63, 3.8) is 0 Å². The van der Waals surface area contributed by atoms with Gasteiger partial charge < -0.3 is 15.4 Å². The Labute approximate surface area is 143 Å². The molecule has 12 nitrogen and oxygen atoms in total. The maximum Gasteiger partial charge on any atom is 0.418 e. The molecular weight excluding hydrogens is 360 g/mol. The van der Waals surface area contributed by atoms with Crippen molar-refractivity contribution in [2.45, 2.75) is 37.1 Å². The van der Waals surface area contributed by atoms with Crippen molar-refractivity contribution in [2.24, 2.45) is 11.1 Å². The van der Waals surface area contributed by atoms with Gasteiger partial charge in [-0.05, 0) is 12.8 Å². The summed E-state index contributed by atoms with van der Waals surface area (Å²) in [7, 11) is -4.87. The highest BCUT2D eigenvalue weighted by Crippen LogP contribution is 2.47. The molecule has 25 heavy (non-hydrogen) atoms. The lowest BCUT2D eigenvalue weighted by molar-refractivity contribution is -0.194. The van der Waals surface area contributed by atoms with Crippen LogP contribution in [0, 0.1) is 5.41 Å². The molecule has 4 N–H and O–H groups in total. The Morgan fingerprint density at radius 2 is 2.12 bits per heavy atom. The number of carbonyl (C=O) groups excluding carboxylic acids is 2. The molecule has 3 amide bonds. The summed E-state index contributed by atoms with van der Waals surface area (Å²) in [5, 5.41) is 0.614. The highest BCUT2D eigenvalue weighted by atomic mass is 32.3. The predicted octanol–water partition coefficient (Wildman–Crippen LogP) is -2.24. The van der Waals surface area contributed by atoms with Crippen LogP contribution in [0.25, 0.3) is 0 Å². The van der Waals surface area contributed by atoms with Crippen molar-refractivity contribution in [2.75, 3.05) is 19.8 Å². The van der Waals surface area contributed by atoms with E-state index >= 15 is 0 Å². The van der Waals surface area contributed by atoms with E-state index < -0.39 is 39.8 Å². The van der Waals surface area contributed by atoms with Gasteiger partial charge in [0.1, 0.15) is 12.1 Å². The molecule has 2 bridgehead atoms. The van der Waals surface area contributed by atoms with Gasteiger partial charge in [-0.2, -0.15) is 13.5 Å². The van der Waals surface area contributed by atoms with Crippen LogP contribution in [0.15, 0.2) is 0 Å². The van der Waals surface area contributed by atoms with Gasteiger partial charge in [-0.1, -0.05) is 0 Å². The predicted molar refractivity (Wildman–Crippen MR) is 77.6 cm³/mol. The summed E-state index contributed by atoms with van der Waals surface area (Å²) in [5.41, 5.74) is 7.30. The van der Waals surface area contributed by atoms with E-state index in [-0.39, 0.29) is 38.3 Å². The van der Waals surface area contributed by atoms with Crippen molar-refractivity contribution in [3.8, 4) is 0 Å². The number of nitrogens with zero attached hydrogens (tertiary/aromatic N) is 2. The second kappa shape index (κ2) is 5.49. The van der Waals surface area contributed by atoms with Gasteiger partial charge in [0.25, 0.3) is 5.91 Å². The van der Waals surface area contributed by atoms with E-state index in [0.29, 0.717) is 11.5 Å². The Hall–Kier alpha value is -1.51. The van der Waals surface area contributed by atoms with Crippen LogP contribution in [-0.4, -0.2) is 78.9 Å². The summed E-state index contributed by atoms with van der Waals surface area (Å²) in [5.74, 6) is -0.522. The van der Waals surface area contributed by atoms with E-state index in [4.69, 9.17) is 19.9 Å². The molecule has 140 valence electrons. The molecular formula is C12H18N4O8S. The number of hydroxylamine groups is 3. The number of carbonyl (C=O) groups is 2. The third-order valence-electron chi connectivity index (χ3n) is 5.12. The standard InChI is InChI=1S/C12H18N4O8S/c13-6-1-8(6)23-14-10(17)7-2-12(4-22-5-12)9-3-15(7)11(18)16(9)24-25(19,20)21/h6-9H,1-5,13H2,(H,14,17)(H,19,20,21)/t6?,7-,8?,9+/m0/s1. The zero-order valence-corrected chi connectivity index (χ0v) is 13.8. The van der Waals surface area contributed by atoms with Crippen molar-refractivity contribution in [1.29, 1.82) is 0 Å². The number of amides is 3. The minimum absolute atomic E-state index is 0.0821. The van der Waals surface area contributed by atoms with Gasteiger partial charge in [0.05, 0.1) is 19.3 Å². The van der Waals surface area contributed by atoms with Gasteiger partial charge in [-0.3, -0.25) is 14.2 Å². The average Bonchev–Trinajstić information content (AvgIpc) is 3.15. The number of urea groups is 1. The highest BCUT2D eigenvalue weighted by molar-refractivity contribution is 7.80. The third-order valence-corrected chi connectivity index (χ3v) is 5.46. The molecule has 4 aliphatic rings. The molecule has 0 aromatic heterocycles. The van der Waals surface area contributed by atoms with Gasteiger partial charge >= 0.3 is 16.4 Å². The van der Waals surface area contributed by atoms with Gasteiger partial charge in [-0.15, -0.1) is 4.28 Å². The first-order chi connectivity index (χ1) is 11.7. The molecule has 0 radical (unpaired) electrons. The molecule has 13 heteroatoms. The molecule has 2 unspecified atom stereocenters. The van der Waals surface area contributed by atoms with Crippen LogP contribution in [0.1, 0.15) is 12.8 Å². The Kier molecular flexibility index (Phi) is 3.72. The maximum absolute atomic E-state index is 12.5. The molecule has 0 aromatic carbocycles. The molecule has 3 saturated heterocycles. The van der Waals surface area contributed by atoms with E-state index in [1.54, 1.807) is 0 Å². The topological polar surface area (TPSA) is 161 Å². The van der Waals surface area contributed by atoms with Crippen LogP contribution in [0.3, 0.4) is 0 Å². The number of piperidine rings is 1. The molecule has 4 rings (SSSR count). The second-order valence-electron chi connectivity index (χ2n) is 6.88. The minimum atomic E-state index is -4.87. The number of rotatable bonds is 5. The summed E-state index contributed by atoms with van der Waals surface area (Å²) in [6.45, 7) is 0.587. The van der Waals surface area contributed by atoms with Crippen LogP contribution in [0.5, 0.6) is 0 Å². The summed E-state index contributed by atoms with van der Waals surface area (Å²) in [6.07, 6.45) is 0.666. The lowest BCUT2D eigenvalue weighted by Crippen LogP contribution is -2.63. The fourth-order valence-electron chi connectivity index (χ4n) is 3.55. The molecule has 4 fully saturated rings. The van der Waals surface area contributed by atoms with Crippen LogP contribution in [0.4, 0.5) is 4.79 Å². The Morgan fingerprint density at radius 3 is 2.64 bits per heavy atom. The van der Waals surface area contributed by atoms with Gasteiger partial charge in [0.15, 0.2) is 0 Å². The number of hydrogen-bond acceptors (Lipinski definition) is 8. The van der Waals surface area contributed by atoms with Crippen molar-refractivity contribution < 1.29 is 36.4 Å². The molecule has 3 aliphatic heterocycles. The quantitative estimate of drug-likeness (QED) is 0.355. The lowest BCUT2D eigenvalue weighted by Gasteiger charge is -2.50. The number of hydrogen-bond donors (Lipinski definition) is 3. The van der Waals surface area contributed by atoms with Gasteiger partial charge in [0.2, 0.25) is 0 Å². The van der Waals surface area contributed by atoms with Crippen LogP contribution >= 0.6 is 0 Å². The first-order valence-electron chi connectivity index (χ1n) is 7.76. The zero-order chi connectivity index (χ0) is 18.0. The third kappa shape index (κ3) is 2.86. The molecule has 4 atom stereocenters. The monoisotopic (exact) mass is 378 g/mol. The largest absolute Gasteiger partial charge is 0.418 e. The normalized spacial score (nSPS) is 35.7. The minimum Gasteiger partial charge on any atom is -0.380 e. The SMILES string of the molecule is NC1CC1ONC(=O)[C@@H]1CC2(COC2)[C@H]2CN1C(=O)N2OS(=O)(=O)O. The molecule has 1 aliphatic carbocycles. The second-order valence-corrected chi connectivity index (χ2v) is 7.88. The summed E-state index contributed by atoms with van der Waals surface area (Å²) in [6, 6.07) is -2.43. The van der Waals surface area contributed by atoms with E-state index in [2.05, 4.69) is 9.76 Å². The first kappa shape index (κ1) is 16.9. The number of ether oxygens (including phenoxy) is 1. The molecule has 1 saturated carbocycles. The van der Waals surface area contributed by atoms with E-state index in [0.717, 1.165) is 0 Å². The summed E-state index contributed by atoms with van der Waals surface area (Å²) >= 11 is 0. The molecule has 0 aromatic rings. The van der Waals surface area contributed by atoms with Gasteiger partial charge in [0, 0.05) is 18.0 Å². The number of nitrogens with two attached hydrogens (primary N) is 1.